The number of nitrogens with one attached hydrogen (secondary N) is 2. The van der Waals surface area contributed by atoms with Crippen LogP contribution in [-0.2, 0) is 9.59 Å². The molecule has 0 aromatic carbocycles. The van der Waals surface area contributed by atoms with Gasteiger partial charge in [-0.1, -0.05) is 24.4 Å². The first-order chi connectivity index (χ1) is 12.1. The van der Waals surface area contributed by atoms with Crippen molar-refractivity contribution in [2.24, 2.45) is 5.92 Å². The summed E-state index contributed by atoms with van der Waals surface area (Å²) in [6.45, 7) is 3.56. The second-order valence-corrected chi connectivity index (χ2v) is 7.30. The molecule has 0 spiro atoms. The summed E-state index contributed by atoms with van der Waals surface area (Å²) in [5.74, 6) is 0.370. The van der Waals surface area contributed by atoms with E-state index in [9.17, 15) is 9.59 Å². The molecule has 1 saturated heterocycles. The lowest BCUT2D eigenvalue weighted by atomic mass is 9.93. The molecule has 2 N–H and O–H groups in total. The van der Waals surface area contributed by atoms with Gasteiger partial charge in [0.05, 0.1) is 18.2 Å². The summed E-state index contributed by atoms with van der Waals surface area (Å²) in [4.78, 5) is 26.7. The number of likely N-dealkylation sites (tertiary alicyclic amines) is 1. The normalized spacial score (nSPS) is 22.5. The van der Waals surface area contributed by atoms with E-state index in [1.165, 1.54) is 19.3 Å². The minimum atomic E-state index is -0.135. The molecule has 1 unspecified atom stereocenters. The lowest BCUT2D eigenvalue weighted by molar-refractivity contribution is -0.128. The Balaban J connectivity index is 1.45. The van der Waals surface area contributed by atoms with Gasteiger partial charge in [0, 0.05) is 18.7 Å². The first-order valence-electron chi connectivity index (χ1n) is 9.36. The highest BCUT2D eigenvalue weighted by Gasteiger charge is 2.28. The molecule has 138 valence electrons. The van der Waals surface area contributed by atoms with Gasteiger partial charge in [-0.25, -0.2) is 0 Å². The van der Waals surface area contributed by atoms with Crippen LogP contribution in [0.3, 0.4) is 0 Å². The number of anilines is 1. The highest BCUT2D eigenvalue weighted by atomic mass is 16.5. The third-order valence-corrected chi connectivity index (χ3v) is 5.09. The second-order valence-electron chi connectivity index (χ2n) is 7.30. The lowest BCUT2D eigenvalue weighted by Crippen LogP contribution is -2.47. The van der Waals surface area contributed by atoms with Crippen molar-refractivity contribution in [1.29, 1.82) is 0 Å². The molecule has 2 heterocycles. The first kappa shape index (κ1) is 17.9. The summed E-state index contributed by atoms with van der Waals surface area (Å²) in [7, 11) is 0. The van der Waals surface area contributed by atoms with E-state index in [1.807, 2.05) is 4.90 Å². The molecule has 2 amide bonds. The predicted molar refractivity (Wildman–Crippen MR) is 94.0 cm³/mol. The van der Waals surface area contributed by atoms with Crippen LogP contribution < -0.4 is 10.6 Å². The molecule has 1 aliphatic heterocycles. The van der Waals surface area contributed by atoms with Crippen LogP contribution in [0.4, 0.5) is 5.88 Å². The predicted octanol–water partition coefficient (Wildman–Crippen LogP) is 2.08. The van der Waals surface area contributed by atoms with Crippen LogP contribution in [0.5, 0.6) is 0 Å². The van der Waals surface area contributed by atoms with E-state index in [4.69, 9.17) is 4.52 Å². The highest BCUT2D eigenvalue weighted by Crippen LogP contribution is 2.20. The molecule has 1 atom stereocenters. The summed E-state index contributed by atoms with van der Waals surface area (Å²) in [6, 6.07) is 2.03. The lowest BCUT2D eigenvalue weighted by Gasteiger charge is -2.33. The second kappa shape index (κ2) is 8.47. The molecule has 7 heteroatoms. The minimum absolute atomic E-state index is 0.0176. The zero-order valence-electron chi connectivity index (χ0n) is 14.9. The maximum absolute atomic E-state index is 12.5. The summed E-state index contributed by atoms with van der Waals surface area (Å²) in [5.41, 5.74) is 0.729. The Labute approximate surface area is 148 Å². The SMILES string of the molecule is Cc1cc(NC(=O)CN2CCCC(C(=O)NC3CCCCC3)C2)on1. The van der Waals surface area contributed by atoms with Crippen molar-refractivity contribution in [1.82, 2.24) is 15.4 Å². The van der Waals surface area contributed by atoms with Crippen LogP contribution in [0.1, 0.15) is 50.6 Å². The van der Waals surface area contributed by atoms with Crippen LogP contribution in [0.15, 0.2) is 10.6 Å². The standard InChI is InChI=1S/C18H28N4O3/c1-13-10-17(25-21-13)20-16(23)12-22-9-5-6-14(11-22)18(24)19-15-7-3-2-4-8-15/h10,14-15H,2-9,11-12H2,1H3,(H,19,24)(H,20,23). The smallest absolute Gasteiger partial charge is 0.240 e. The zero-order valence-corrected chi connectivity index (χ0v) is 14.9. The van der Waals surface area contributed by atoms with Gasteiger partial charge in [-0.2, -0.15) is 0 Å². The Hall–Kier alpha value is -1.89. The van der Waals surface area contributed by atoms with Gasteiger partial charge in [-0.15, -0.1) is 0 Å². The van der Waals surface area contributed by atoms with Crippen LogP contribution in [-0.4, -0.2) is 47.5 Å². The van der Waals surface area contributed by atoms with Gasteiger partial charge >= 0.3 is 0 Å². The number of piperidine rings is 1. The zero-order chi connectivity index (χ0) is 17.6. The molecule has 2 fully saturated rings. The molecule has 1 saturated carbocycles. The number of aryl methyl sites for hydroxylation is 1. The molecule has 0 radical (unpaired) electrons. The van der Waals surface area contributed by atoms with Gasteiger partial charge in [-0.05, 0) is 39.2 Å². The van der Waals surface area contributed by atoms with Crippen molar-refractivity contribution in [2.45, 2.75) is 57.9 Å². The average Bonchev–Trinajstić information content (AvgIpc) is 3.00. The molecule has 2 aliphatic rings. The number of carbonyl (C=O) groups is 2. The number of rotatable bonds is 5. The quantitative estimate of drug-likeness (QED) is 0.851. The third-order valence-electron chi connectivity index (χ3n) is 5.09. The number of aromatic nitrogens is 1. The van der Waals surface area contributed by atoms with Gasteiger partial charge in [-0.3, -0.25) is 19.8 Å². The molecule has 3 rings (SSSR count). The molecular weight excluding hydrogens is 320 g/mol. The topological polar surface area (TPSA) is 87.5 Å². The summed E-state index contributed by atoms with van der Waals surface area (Å²) in [6.07, 6.45) is 7.74. The number of hydrogen-bond donors (Lipinski definition) is 2. The van der Waals surface area contributed by atoms with E-state index in [1.54, 1.807) is 13.0 Å². The van der Waals surface area contributed by atoms with Crippen LogP contribution >= 0.6 is 0 Å². The minimum Gasteiger partial charge on any atom is -0.353 e. The van der Waals surface area contributed by atoms with Crippen molar-refractivity contribution in [3.8, 4) is 0 Å². The fourth-order valence-corrected chi connectivity index (χ4v) is 3.78. The number of carbonyl (C=O) groups excluding carboxylic acids is 2. The number of nitrogens with zero attached hydrogens (tertiary/aromatic N) is 2. The fourth-order valence-electron chi connectivity index (χ4n) is 3.78. The molecule has 1 aromatic rings. The Morgan fingerprint density at radius 2 is 2.04 bits per heavy atom. The molecular formula is C18H28N4O3. The van der Waals surface area contributed by atoms with Crippen LogP contribution in [0.2, 0.25) is 0 Å². The maximum atomic E-state index is 12.5. The van der Waals surface area contributed by atoms with Gasteiger partial charge < -0.3 is 9.84 Å². The average molecular weight is 348 g/mol. The van der Waals surface area contributed by atoms with Crippen molar-refractivity contribution in [3.05, 3.63) is 11.8 Å². The molecule has 1 aliphatic carbocycles. The monoisotopic (exact) mass is 348 g/mol. The summed E-state index contributed by atoms with van der Waals surface area (Å²) >= 11 is 0. The number of amides is 2. The fraction of sp³-hybridized carbons (Fsp3) is 0.722. The van der Waals surface area contributed by atoms with E-state index in [-0.39, 0.29) is 24.3 Å². The van der Waals surface area contributed by atoms with Gasteiger partial charge in [0.15, 0.2) is 0 Å². The molecule has 1 aromatic heterocycles. The van der Waals surface area contributed by atoms with Crippen LogP contribution in [0, 0.1) is 12.8 Å². The summed E-state index contributed by atoms with van der Waals surface area (Å²) < 4.78 is 5.00. The van der Waals surface area contributed by atoms with Crippen LogP contribution in [0.25, 0.3) is 0 Å². The van der Waals surface area contributed by atoms with Crippen molar-refractivity contribution in [3.63, 3.8) is 0 Å². The maximum Gasteiger partial charge on any atom is 0.240 e. The van der Waals surface area contributed by atoms with Crippen molar-refractivity contribution in [2.75, 3.05) is 25.0 Å². The van der Waals surface area contributed by atoms with Crippen molar-refractivity contribution < 1.29 is 14.1 Å². The Kier molecular flexibility index (Phi) is 6.07. The molecule has 0 bridgehead atoms. The van der Waals surface area contributed by atoms with Gasteiger partial charge in [0.25, 0.3) is 0 Å². The number of hydrogen-bond acceptors (Lipinski definition) is 5. The third kappa shape index (κ3) is 5.29. The highest BCUT2D eigenvalue weighted by molar-refractivity contribution is 5.91. The van der Waals surface area contributed by atoms with E-state index in [0.29, 0.717) is 18.5 Å². The largest absolute Gasteiger partial charge is 0.353 e. The summed E-state index contributed by atoms with van der Waals surface area (Å²) in [5, 5.41) is 9.68. The molecule has 7 nitrogen and oxygen atoms in total. The Bertz CT molecular complexity index is 595. The first-order valence-corrected chi connectivity index (χ1v) is 9.36. The van der Waals surface area contributed by atoms with Gasteiger partial charge in [0.1, 0.15) is 0 Å². The molecule has 25 heavy (non-hydrogen) atoms. The van der Waals surface area contributed by atoms with E-state index >= 15 is 0 Å². The Morgan fingerprint density at radius 3 is 2.76 bits per heavy atom. The Morgan fingerprint density at radius 1 is 1.24 bits per heavy atom. The van der Waals surface area contributed by atoms with E-state index in [2.05, 4.69) is 15.8 Å². The van der Waals surface area contributed by atoms with E-state index < -0.39 is 0 Å². The van der Waals surface area contributed by atoms with Crippen molar-refractivity contribution >= 4 is 17.7 Å². The van der Waals surface area contributed by atoms with E-state index in [0.717, 1.165) is 37.9 Å². The van der Waals surface area contributed by atoms with Gasteiger partial charge in [0.2, 0.25) is 17.7 Å².